The smallest absolute Gasteiger partial charge is 0.174 e. The summed E-state index contributed by atoms with van der Waals surface area (Å²) in [6, 6.07) is 14.9. The molecule has 1 fully saturated rings. The zero-order valence-electron chi connectivity index (χ0n) is 15.0. The number of hydrogen-bond acceptors (Lipinski definition) is 5. The van der Waals surface area contributed by atoms with Gasteiger partial charge in [0.25, 0.3) is 0 Å². The highest BCUT2D eigenvalue weighted by atomic mass is 32.1. The molecule has 0 aliphatic carbocycles. The van der Waals surface area contributed by atoms with Crippen molar-refractivity contribution in [2.45, 2.75) is 12.1 Å². The third-order valence-corrected chi connectivity index (χ3v) is 4.89. The van der Waals surface area contributed by atoms with Crippen molar-refractivity contribution < 1.29 is 13.9 Å². The Balaban J connectivity index is 1.85. The van der Waals surface area contributed by atoms with Gasteiger partial charge < -0.3 is 24.1 Å². The quantitative estimate of drug-likeness (QED) is 0.673. The molecule has 1 aliphatic rings. The average molecular weight is 381 g/mol. The number of furan rings is 1. The Hall–Kier alpha value is -3.06. The van der Waals surface area contributed by atoms with Crippen LogP contribution in [0.15, 0.2) is 65.4 Å². The Kier molecular flexibility index (Phi) is 4.68. The standard InChI is InChI=1S/C20H19N3O3S/c1-24-13-8-9-16(25-2)15(12-13)23-19(17-7-5-11-26-17)18(22-20(23)27)14-6-3-4-10-21-14/h3-12,18-19H,1-2H3,(H,22,27)/t18-,19+/m0/s1. The van der Waals surface area contributed by atoms with Crippen LogP contribution in [0, 0.1) is 0 Å². The Labute approximate surface area is 162 Å². The van der Waals surface area contributed by atoms with Crippen LogP contribution in [0.5, 0.6) is 11.5 Å². The van der Waals surface area contributed by atoms with Crippen molar-refractivity contribution in [3.8, 4) is 11.5 Å². The highest BCUT2D eigenvalue weighted by Gasteiger charge is 2.43. The molecule has 3 aromatic rings. The van der Waals surface area contributed by atoms with Crippen LogP contribution in [0.25, 0.3) is 0 Å². The molecule has 1 aliphatic heterocycles. The summed E-state index contributed by atoms with van der Waals surface area (Å²) in [5, 5.41) is 3.95. The number of methoxy groups -OCH3 is 2. The Morgan fingerprint density at radius 3 is 2.67 bits per heavy atom. The van der Waals surface area contributed by atoms with E-state index in [1.165, 1.54) is 0 Å². The molecule has 1 aromatic carbocycles. The van der Waals surface area contributed by atoms with E-state index in [4.69, 9.17) is 26.1 Å². The summed E-state index contributed by atoms with van der Waals surface area (Å²) in [6.07, 6.45) is 3.43. The van der Waals surface area contributed by atoms with E-state index < -0.39 is 0 Å². The molecule has 1 N–H and O–H groups in total. The Morgan fingerprint density at radius 1 is 1.11 bits per heavy atom. The maximum absolute atomic E-state index is 5.76. The number of hydrogen-bond donors (Lipinski definition) is 1. The van der Waals surface area contributed by atoms with Crippen molar-refractivity contribution in [1.82, 2.24) is 10.3 Å². The van der Waals surface area contributed by atoms with E-state index in [-0.39, 0.29) is 12.1 Å². The van der Waals surface area contributed by atoms with Gasteiger partial charge in [0.1, 0.15) is 23.3 Å². The lowest BCUT2D eigenvalue weighted by Gasteiger charge is -2.27. The molecule has 27 heavy (non-hydrogen) atoms. The van der Waals surface area contributed by atoms with Crippen LogP contribution in [-0.2, 0) is 0 Å². The van der Waals surface area contributed by atoms with E-state index >= 15 is 0 Å². The third kappa shape index (κ3) is 3.10. The van der Waals surface area contributed by atoms with Crippen molar-refractivity contribution in [1.29, 1.82) is 0 Å². The van der Waals surface area contributed by atoms with Gasteiger partial charge in [0, 0.05) is 12.3 Å². The topological polar surface area (TPSA) is 59.8 Å². The van der Waals surface area contributed by atoms with Crippen molar-refractivity contribution in [2.75, 3.05) is 19.1 Å². The zero-order valence-corrected chi connectivity index (χ0v) is 15.8. The van der Waals surface area contributed by atoms with Crippen LogP contribution < -0.4 is 19.7 Å². The minimum absolute atomic E-state index is 0.166. The molecule has 0 radical (unpaired) electrons. The fourth-order valence-electron chi connectivity index (χ4n) is 3.35. The van der Waals surface area contributed by atoms with Gasteiger partial charge in [-0.1, -0.05) is 6.07 Å². The van der Waals surface area contributed by atoms with Gasteiger partial charge in [-0.25, -0.2) is 0 Å². The Morgan fingerprint density at radius 2 is 2.00 bits per heavy atom. The van der Waals surface area contributed by atoms with Crippen molar-refractivity contribution in [3.05, 3.63) is 72.4 Å². The monoisotopic (exact) mass is 381 g/mol. The summed E-state index contributed by atoms with van der Waals surface area (Å²) < 4.78 is 16.7. The molecule has 138 valence electrons. The lowest BCUT2D eigenvalue weighted by Crippen LogP contribution is -2.29. The summed E-state index contributed by atoms with van der Waals surface area (Å²) in [6.45, 7) is 0. The maximum atomic E-state index is 5.76. The molecule has 1 saturated heterocycles. The number of aromatic nitrogens is 1. The van der Waals surface area contributed by atoms with Gasteiger partial charge >= 0.3 is 0 Å². The molecule has 3 heterocycles. The van der Waals surface area contributed by atoms with Gasteiger partial charge in [-0.2, -0.15) is 0 Å². The van der Waals surface area contributed by atoms with Crippen LogP contribution >= 0.6 is 12.2 Å². The fourth-order valence-corrected chi connectivity index (χ4v) is 3.69. The van der Waals surface area contributed by atoms with E-state index in [9.17, 15) is 0 Å². The molecule has 0 saturated carbocycles. The first-order chi connectivity index (χ1) is 13.2. The first-order valence-electron chi connectivity index (χ1n) is 8.49. The van der Waals surface area contributed by atoms with Crippen LogP contribution in [0.4, 0.5) is 5.69 Å². The summed E-state index contributed by atoms with van der Waals surface area (Å²) in [4.78, 5) is 6.51. The third-order valence-electron chi connectivity index (χ3n) is 4.58. The van der Waals surface area contributed by atoms with E-state index in [0.29, 0.717) is 16.6 Å². The molecule has 6 nitrogen and oxygen atoms in total. The van der Waals surface area contributed by atoms with Crippen molar-refractivity contribution in [3.63, 3.8) is 0 Å². The number of thiocarbonyl (C=S) groups is 1. The fraction of sp³-hybridized carbons (Fsp3) is 0.200. The zero-order chi connectivity index (χ0) is 18.8. The number of rotatable bonds is 5. The lowest BCUT2D eigenvalue weighted by molar-refractivity contribution is 0.399. The number of pyridine rings is 1. The summed E-state index contributed by atoms with van der Waals surface area (Å²) in [5.74, 6) is 2.19. The number of nitrogens with zero attached hydrogens (tertiary/aromatic N) is 2. The second kappa shape index (κ2) is 7.28. The van der Waals surface area contributed by atoms with Gasteiger partial charge in [0.05, 0.1) is 37.9 Å². The minimum atomic E-state index is -0.219. The first-order valence-corrected chi connectivity index (χ1v) is 8.90. The van der Waals surface area contributed by atoms with E-state index in [1.54, 1.807) is 26.7 Å². The number of ether oxygens (including phenoxy) is 2. The second-order valence-corrected chi connectivity index (χ2v) is 6.44. The Bertz CT molecular complexity index is 931. The normalized spacial score (nSPS) is 19.0. The highest BCUT2D eigenvalue weighted by Crippen LogP contribution is 2.45. The molecule has 4 rings (SSSR count). The summed E-state index contributed by atoms with van der Waals surface area (Å²) in [7, 11) is 3.27. The largest absolute Gasteiger partial charge is 0.497 e. The first kappa shape index (κ1) is 17.4. The molecular weight excluding hydrogens is 362 g/mol. The lowest BCUT2D eigenvalue weighted by atomic mass is 10.0. The SMILES string of the molecule is COc1ccc(OC)c(N2C(=S)N[C@@H](c3ccccn3)[C@H]2c2ccco2)c1. The number of anilines is 1. The predicted molar refractivity (Wildman–Crippen MR) is 106 cm³/mol. The van der Waals surface area contributed by atoms with Crippen molar-refractivity contribution >= 4 is 23.0 Å². The molecule has 2 atom stereocenters. The molecular formula is C20H19N3O3S. The minimum Gasteiger partial charge on any atom is -0.497 e. The molecule has 0 bridgehead atoms. The van der Waals surface area contributed by atoms with Crippen LogP contribution in [-0.4, -0.2) is 24.3 Å². The summed E-state index contributed by atoms with van der Waals surface area (Å²) >= 11 is 5.69. The molecule has 0 unspecified atom stereocenters. The molecule has 0 spiro atoms. The number of benzene rings is 1. The summed E-state index contributed by atoms with van der Waals surface area (Å²) in [5.41, 5.74) is 1.68. The average Bonchev–Trinajstić information content (AvgIpc) is 3.35. The van der Waals surface area contributed by atoms with Gasteiger partial charge in [0.15, 0.2) is 5.11 Å². The van der Waals surface area contributed by atoms with Crippen LogP contribution in [0.1, 0.15) is 23.5 Å². The number of nitrogens with one attached hydrogen (secondary N) is 1. The predicted octanol–water partition coefficient (Wildman–Crippen LogP) is 3.87. The van der Waals surface area contributed by atoms with E-state index in [1.807, 2.05) is 53.4 Å². The molecule has 7 heteroatoms. The molecule has 0 amide bonds. The van der Waals surface area contributed by atoms with E-state index in [2.05, 4.69) is 10.3 Å². The van der Waals surface area contributed by atoms with E-state index in [0.717, 1.165) is 17.1 Å². The van der Waals surface area contributed by atoms with Gasteiger partial charge in [0.2, 0.25) is 0 Å². The van der Waals surface area contributed by atoms with Gasteiger partial charge in [-0.05, 0) is 48.6 Å². The molecule has 2 aromatic heterocycles. The van der Waals surface area contributed by atoms with Crippen LogP contribution in [0.2, 0.25) is 0 Å². The maximum Gasteiger partial charge on any atom is 0.174 e. The second-order valence-electron chi connectivity index (χ2n) is 6.05. The van der Waals surface area contributed by atoms with Gasteiger partial charge in [-0.3, -0.25) is 4.98 Å². The van der Waals surface area contributed by atoms with Crippen molar-refractivity contribution in [2.24, 2.45) is 0 Å². The van der Waals surface area contributed by atoms with Gasteiger partial charge in [-0.15, -0.1) is 0 Å². The highest BCUT2D eigenvalue weighted by molar-refractivity contribution is 7.80. The van der Waals surface area contributed by atoms with Crippen LogP contribution in [0.3, 0.4) is 0 Å².